The van der Waals surface area contributed by atoms with E-state index < -0.39 is 18.5 Å². The van der Waals surface area contributed by atoms with Crippen molar-refractivity contribution in [3.05, 3.63) is 53.6 Å². The van der Waals surface area contributed by atoms with E-state index >= 15 is 0 Å². The van der Waals surface area contributed by atoms with Crippen molar-refractivity contribution in [1.82, 2.24) is 4.90 Å². The Hall–Kier alpha value is -3.55. The molecule has 0 radical (unpaired) electrons. The molecule has 1 N–H and O–H groups in total. The third-order valence-corrected chi connectivity index (χ3v) is 4.09. The molecule has 0 atom stereocenters. The van der Waals surface area contributed by atoms with E-state index in [0.717, 1.165) is 5.56 Å². The molecular weight excluding hydrogens is 376 g/mol. The highest BCUT2D eigenvalue weighted by Gasteiger charge is 2.20. The number of methoxy groups -OCH3 is 2. The highest BCUT2D eigenvalue weighted by Crippen LogP contribution is 2.31. The third kappa shape index (κ3) is 5.97. The highest BCUT2D eigenvalue weighted by molar-refractivity contribution is 5.96. The smallest absolute Gasteiger partial charge is 0.342 e. The predicted molar refractivity (Wildman–Crippen MR) is 107 cm³/mol. The van der Waals surface area contributed by atoms with Crippen LogP contribution in [0.3, 0.4) is 0 Å². The molecule has 0 aromatic heterocycles. The number of nitrogens with one attached hydrogen (secondary N) is 1. The lowest BCUT2D eigenvalue weighted by Gasteiger charge is -2.17. The van der Waals surface area contributed by atoms with Gasteiger partial charge in [-0.15, -0.1) is 0 Å². The molecule has 2 rings (SSSR count). The number of benzene rings is 2. The van der Waals surface area contributed by atoms with Crippen molar-refractivity contribution in [2.45, 2.75) is 6.92 Å². The van der Waals surface area contributed by atoms with Crippen LogP contribution in [0.2, 0.25) is 0 Å². The van der Waals surface area contributed by atoms with Crippen LogP contribution in [0.1, 0.15) is 15.9 Å². The van der Waals surface area contributed by atoms with E-state index in [-0.39, 0.29) is 23.8 Å². The number of hydrogen-bond donors (Lipinski definition) is 1. The first-order valence-electron chi connectivity index (χ1n) is 8.84. The van der Waals surface area contributed by atoms with Gasteiger partial charge in [0.1, 0.15) is 5.56 Å². The number of rotatable bonds is 8. The van der Waals surface area contributed by atoms with Gasteiger partial charge in [-0.3, -0.25) is 9.59 Å². The van der Waals surface area contributed by atoms with Crippen LogP contribution >= 0.6 is 0 Å². The average Bonchev–Trinajstić information content (AvgIpc) is 2.72. The minimum atomic E-state index is -0.730. The average molecular weight is 400 g/mol. The van der Waals surface area contributed by atoms with Gasteiger partial charge in [0.2, 0.25) is 5.91 Å². The van der Waals surface area contributed by atoms with Gasteiger partial charge in [-0.05, 0) is 31.2 Å². The molecule has 0 saturated heterocycles. The quantitative estimate of drug-likeness (QED) is 0.683. The summed E-state index contributed by atoms with van der Waals surface area (Å²) in [6.45, 7) is 1.26. The SMILES string of the molecule is COc1cccc(C(=O)OCC(=O)N(C)CC(=O)Nc2ccc(C)cc2)c1OC. The Kier molecular flexibility index (Phi) is 7.59. The van der Waals surface area contributed by atoms with Crippen LogP contribution < -0.4 is 14.8 Å². The number of carbonyl (C=O) groups excluding carboxylic acids is 3. The van der Waals surface area contributed by atoms with Crippen LogP contribution in [0.5, 0.6) is 11.5 Å². The fraction of sp³-hybridized carbons (Fsp3) is 0.286. The second-order valence-corrected chi connectivity index (χ2v) is 6.28. The zero-order chi connectivity index (χ0) is 21.4. The summed E-state index contributed by atoms with van der Waals surface area (Å²) in [5, 5.41) is 2.70. The van der Waals surface area contributed by atoms with Gasteiger partial charge in [0.15, 0.2) is 18.1 Å². The van der Waals surface area contributed by atoms with Crippen molar-refractivity contribution in [1.29, 1.82) is 0 Å². The molecule has 0 spiro atoms. The maximum absolute atomic E-state index is 12.3. The van der Waals surface area contributed by atoms with Gasteiger partial charge in [0.05, 0.1) is 20.8 Å². The highest BCUT2D eigenvalue weighted by atomic mass is 16.5. The molecule has 0 unspecified atom stereocenters. The molecule has 0 heterocycles. The molecule has 8 heteroatoms. The summed E-state index contributed by atoms with van der Waals surface area (Å²) in [7, 11) is 4.31. The molecule has 0 aliphatic carbocycles. The molecule has 29 heavy (non-hydrogen) atoms. The normalized spacial score (nSPS) is 10.1. The van der Waals surface area contributed by atoms with Crippen LogP contribution in [0.15, 0.2) is 42.5 Å². The van der Waals surface area contributed by atoms with Crippen molar-refractivity contribution in [3.8, 4) is 11.5 Å². The number of anilines is 1. The van der Waals surface area contributed by atoms with Crippen molar-refractivity contribution in [2.24, 2.45) is 0 Å². The Morgan fingerprint density at radius 2 is 1.69 bits per heavy atom. The summed E-state index contributed by atoms with van der Waals surface area (Å²) < 4.78 is 15.4. The monoisotopic (exact) mass is 400 g/mol. The number of ether oxygens (including phenoxy) is 3. The zero-order valence-corrected chi connectivity index (χ0v) is 16.9. The standard InChI is InChI=1S/C21H24N2O6/c1-14-8-10-15(11-9-14)22-18(24)12-23(2)19(25)13-29-21(26)16-6-5-7-17(27-3)20(16)28-4/h5-11H,12-13H2,1-4H3,(H,22,24). The number of amides is 2. The Morgan fingerprint density at radius 3 is 2.31 bits per heavy atom. The van der Waals surface area contributed by atoms with Crippen LogP contribution in [-0.2, 0) is 14.3 Å². The summed E-state index contributed by atoms with van der Waals surface area (Å²) in [5.74, 6) is -1.01. The van der Waals surface area contributed by atoms with Gasteiger partial charge in [-0.1, -0.05) is 23.8 Å². The zero-order valence-electron chi connectivity index (χ0n) is 16.9. The second kappa shape index (κ2) is 10.1. The van der Waals surface area contributed by atoms with Crippen molar-refractivity contribution >= 4 is 23.5 Å². The van der Waals surface area contributed by atoms with E-state index in [1.807, 2.05) is 19.1 Å². The lowest BCUT2D eigenvalue weighted by atomic mass is 10.2. The van der Waals surface area contributed by atoms with Crippen LogP contribution in [0, 0.1) is 6.92 Å². The summed E-state index contributed by atoms with van der Waals surface area (Å²) in [6, 6.07) is 12.1. The Morgan fingerprint density at radius 1 is 1.00 bits per heavy atom. The van der Waals surface area contributed by atoms with Gasteiger partial charge >= 0.3 is 5.97 Å². The van der Waals surface area contributed by atoms with Gasteiger partial charge < -0.3 is 24.4 Å². The van der Waals surface area contributed by atoms with E-state index in [4.69, 9.17) is 14.2 Å². The van der Waals surface area contributed by atoms with E-state index in [1.165, 1.54) is 32.2 Å². The van der Waals surface area contributed by atoms with Gasteiger partial charge in [0, 0.05) is 12.7 Å². The molecule has 2 amide bonds. The molecule has 2 aromatic rings. The minimum absolute atomic E-state index is 0.138. The molecular formula is C21H24N2O6. The lowest BCUT2D eigenvalue weighted by molar-refractivity contribution is -0.136. The lowest BCUT2D eigenvalue weighted by Crippen LogP contribution is -2.37. The molecule has 2 aromatic carbocycles. The maximum Gasteiger partial charge on any atom is 0.342 e. The van der Waals surface area contributed by atoms with Crippen molar-refractivity contribution < 1.29 is 28.6 Å². The Bertz CT molecular complexity index is 879. The summed E-state index contributed by atoms with van der Waals surface area (Å²) >= 11 is 0. The van der Waals surface area contributed by atoms with Gasteiger partial charge in [-0.25, -0.2) is 4.79 Å². The summed E-state index contributed by atoms with van der Waals surface area (Å²) in [6.07, 6.45) is 0. The van der Waals surface area contributed by atoms with Gasteiger partial charge in [0.25, 0.3) is 5.91 Å². The minimum Gasteiger partial charge on any atom is -0.493 e. The molecule has 0 aliphatic rings. The summed E-state index contributed by atoms with van der Waals surface area (Å²) in [5.41, 5.74) is 1.85. The van der Waals surface area contributed by atoms with E-state index in [9.17, 15) is 14.4 Å². The molecule has 8 nitrogen and oxygen atoms in total. The number of likely N-dealkylation sites (N-methyl/N-ethyl adjacent to an activating group) is 1. The fourth-order valence-electron chi connectivity index (χ4n) is 2.50. The predicted octanol–water partition coefficient (Wildman–Crippen LogP) is 2.27. The fourth-order valence-corrected chi connectivity index (χ4v) is 2.50. The van der Waals surface area contributed by atoms with Gasteiger partial charge in [-0.2, -0.15) is 0 Å². The number of nitrogens with zero attached hydrogens (tertiary/aromatic N) is 1. The molecule has 0 aliphatic heterocycles. The Balaban J connectivity index is 1.89. The first-order chi connectivity index (χ1) is 13.8. The number of esters is 1. The number of aryl methyl sites for hydroxylation is 1. The second-order valence-electron chi connectivity index (χ2n) is 6.28. The number of carbonyl (C=O) groups is 3. The van der Waals surface area contributed by atoms with Crippen LogP contribution in [0.25, 0.3) is 0 Å². The Labute approximate surface area is 169 Å². The molecule has 0 bridgehead atoms. The van der Waals surface area contributed by atoms with E-state index in [0.29, 0.717) is 11.4 Å². The molecule has 0 saturated carbocycles. The van der Waals surface area contributed by atoms with E-state index in [2.05, 4.69) is 5.32 Å². The summed E-state index contributed by atoms with van der Waals surface area (Å²) in [4.78, 5) is 37.8. The number of para-hydroxylation sites is 1. The van der Waals surface area contributed by atoms with Crippen LogP contribution in [-0.4, -0.2) is 57.1 Å². The van der Waals surface area contributed by atoms with Crippen LogP contribution in [0.4, 0.5) is 5.69 Å². The first kappa shape index (κ1) is 21.7. The first-order valence-corrected chi connectivity index (χ1v) is 8.84. The maximum atomic E-state index is 12.3. The number of hydrogen-bond acceptors (Lipinski definition) is 6. The third-order valence-electron chi connectivity index (χ3n) is 4.09. The molecule has 0 fully saturated rings. The largest absolute Gasteiger partial charge is 0.493 e. The van der Waals surface area contributed by atoms with Crippen molar-refractivity contribution in [2.75, 3.05) is 39.7 Å². The van der Waals surface area contributed by atoms with E-state index in [1.54, 1.807) is 24.3 Å². The van der Waals surface area contributed by atoms with Crippen molar-refractivity contribution in [3.63, 3.8) is 0 Å². The topological polar surface area (TPSA) is 94.2 Å². The molecule has 154 valence electrons.